The molecule has 1 aromatic carbocycles. The molecule has 1 aromatic rings. The monoisotopic (exact) mass is 200 g/mol. The molecule has 0 saturated heterocycles. The summed E-state index contributed by atoms with van der Waals surface area (Å²) in [5.74, 6) is 0.586. The Kier molecular flexibility index (Phi) is 4.00. The summed E-state index contributed by atoms with van der Waals surface area (Å²) in [5.41, 5.74) is 1.14. The van der Waals surface area contributed by atoms with Crippen LogP contribution in [0, 0.1) is 6.92 Å². The Morgan fingerprint density at radius 1 is 1.31 bits per heavy atom. The van der Waals surface area contributed by atoms with Crippen molar-refractivity contribution in [3.63, 3.8) is 0 Å². The molecule has 0 aliphatic heterocycles. The van der Waals surface area contributed by atoms with Gasteiger partial charge < -0.3 is 9.05 Å². The van der Waals surface area contributed by atoms with Gasteiger partial charge in [0.05, 0.1) is 6.61 Å². The number of rotatable bonds is 4. The molecule has 4 heteroatoms. The molecule has 0 bridgehead atoms. The molecular weight excluding hydrogens is 187 g/mol. The summed E-state index contributed by atoms with van der Waals surface area (Å²) < 4.78 is 20.9. The van der Waals surface area contributed by atoms with E-state index in [0.717, 1.165) is 5.56 Å². The van der Waals surface area contributed by atoms with E-state index in [1.54, 1.807) is 19.1 Å². The van der Waals surface area contributed by atoms with Crippen molar-refractivity contribution in [3.8, 4) is 5.75 Å². The molecule has 0 aliphatic carbocycles. The lowest BCUT2D eigenvalue weighted by atomic mass is 10.2. The Bertz CT molecular complexity index is 281. The highest BCUT2D eigenvalue weighted by Crippen LogP contribution is 2.27. The quantitative estimate of drug-likeness (QED) is 0.701. The fourth-order valence-corrected chi connectivity index (χ4v) is 1.47. The van der Waals surface area contributed by atoms with Crippen LogP contribution in [0.3, 0.4) is 0 Å². The molecule has 0 N–H and O–H groups in total. The van der Waals surface area contributed by atoms with Gasteiger partial charge in [0, 0.05) is 0 Å². The van der Waals surface area contributed by atoms with Gasteiger partial charge in [-0.3, -0.25) is 0 Å². The molecule has 13 heavy (non-hydrogen) atoms. The van der Waals surface area contributed by atoms with E-state index >= 15 is 0 Å². The largest absolute Gasteiger partial charge is 0.426 e. The molecule has 0 spiro atoms. The minimum absolute atomic E-state index is 0.406. The Morgan fingerprint density at radius 3 is 2.46 bits per heavy atom. The normalized spacial score (nSPS) is 12.5. The standard InChI is InChI=1S/C9H13O3P/c1-3-11-13(10)12-9-6-4-8(2)5-7-9/h4-7,13H,3H2,1-2H3. The third kappa shape index (κ3) is 3.62. The zero-order chi connectivity index (χ0) is 9.68. The first-order valence-corrected chi connectivity index (χ1v) is 5.36. The van der Waals surface area contributed by atoms with Crippen LogP contribution in [0.2, 0.25) is 0 Å². The Labute approximate surface area is 78.6 Å². The molecule has 1 rings (SSSR count). The van der Waals surface area contributed by atoms with Crippen LogP contribution in [0.4, 0.5) is 0 Å². The maximum absolute atomic E-state index is 11.0. The molecular formula is C9H13O3P. The first kappa shape index (κ1) is 10.3. The number of benzene rings is 1. The van der Waals surface area contributed by atoms with E-state index in [1.165, 1.54) is 0 Å². The SMILES string of the molecule is CCO[PH](=O)Oc1ccc(C)cc1. The summed E-state index contributed by atoms with van der Waals surface area (Å²) in [6.45, 7) is 4.17. The van der Waals surface area contributed by atoms with Crippen LogP contribution in [-0.2, 0) is 9.09 Å². The van der Waals surface area contributed by atoms with Gasteiger partial charge in [0.2, 0.25) is 0 Å². The van der Waals surface area contributed by atoms with Gasteiger partial charge in [-0.05, 0) is 26.0 Å². The van der Waals surface area contributed by atoms with Gasteiger partial charge >= 0.3 is 8.25 Å². The molecule has 0 radical (unpaired) electrons. The van der Waals surface area contributed by atoms with Gasteiger partial charge in [0.25, 0.3) is 0 Å². The second-order valence-corrected chi connectivity index (χ2v) is 3.59. The second kappa shape index (κ2) is 5.05. The van der Waals surface area contributed by atoms with Gasteiger partial charge in [0.1, 0.15) is 5.75 Å². The highest BCUT2D eigenvalue weighted by molar-refractivity contribution is 7.33. The summed E-state index contributed by atoms with van der Waals surface area (Å²) in [6, 6.07) is 7.35. The molecule has 0 aromatic heterocycles. The van der Waals surface area contributed by atoms with Gasteiger partial charge in [-0.15, -0.1) is 0 Å². The van der Waals surface area contributed by atoms with Crippen LogP contribution in [0.25, 0.3) is 0 Å². The Hall–Kier alpha value is -0.790. The van der Waals surface area contributed by atoms with Gasteiger partial charge in [-0.2, -0.15) is 0 Å². The highest BCUT2D eigenvalue weighted by Gasteiger charge is 1.99. The Balaban J connectivity index is 2.54. The van der Waals surface area contributed by atoms with Crippen LogP contribution in [0.5, 0.6) is 5.75 Å². The first-order chi connectivity index (χ1) is 6.22. The average molecular weight is 200 g/mol. The molecule has 72 valence electrons. The summed E-state index contributed by atoms with van der Waals surface area (Å²) in [5, 5.41) is 0. The van der Waals surface area contributed by atoms with Crippen molar-refractivity contribution in [1.29, 1.82) is 0 Å². The third-order valence-electron chi connectivity index (χ3n) is 1.48. The number of hydrogen-bond acceptors (Lipinski definition) is 3. The van der Waals surface area contributed by atoms with Crippen molar-refractivity contribution < 1.29 is 13.6 Å². The van der Waals surface area contributed by atoms with Crippen molar-refractivity contribution in [2.75, 3.05) is 6.61 Å². The molecule has 3 nitrogen and oxygen atoms in total. The molecule has 0 heterocycles. The molecule has 0 amide bonds. The van der Waals surface area contributed by atoms with Gasteiger partial charge in [-0.1, -0.05) is 17.7 Å². The molecule has 1 unspecified atom stereocenters. The fraction of sp³-hybridized carbons (Fsp3) is 0.333. The topological polar surface area (TPSA) is 35.5 Å². The van der Waals surface area contributed by atoms with Crippen molar-refractivity contribution in [2.24, 2.45) is 0 Å². The van der Waals surface area contributed by atoms with Crippen molar-refractivity contribution in [2.45, 2.75) is 13.8 Å². The smallest absolute Gasteiger partial charge is 0.367 e. The lowest BCUT2D eigenvalue weighted by molar-refractivity contribution is 0.302. The zero-order valence-electron chi connectivity index (χ0n) is 7.74. The van der Waals surface area contributed by atoms with E-state index in [0.29, 0.717) is 12.4 Å². The van der Waals surface area contributed by atoms with Crippen molar-refractivity contribution in [1.82, 2.24) is 0 Å². The lowest BCUT2D eigenvalue weighted by Crippen LogP contribution is -1.85. The maximum atomic E-state index is 11.0. The van der Waals surface area contributed by atoms with Crippen molar-refractivity contribution in [3.05, 3.63) is 29.8 Å². The number of aryl methyl sites for hydroxylation is 1. The van der Waals surface area contributed by atoms with E-state index in [-0.39, 0.29) is 0 Å². The summed E-state index contributed by atoms with van der Waals surface area (Å²) in [6.07, 6.45) is 0. The zero-order valence-corrected chi connectivity index (χ0v) is 8.74. The molecule has 1 atom stereocenters. The van der Waals surface area contributed by atoms with Crippen LogP contribution in [-0.4, -0.2) is 6.61 Å². The molecule has 0 saturated carbocycles. The van der Waals surface area contributed by atoms with Crippen LogP contribution in [0.1, 0.15) is 12.5 Å². The average Bonchev–Trinajstić information content (AvgIpc) is 2.09. The number of hydrogen-bond donors (Lipinski definition) is 0. The lowest BCUT2D eigenvalue weighted by Gasteiger charge is -2.04. The minimum atomic E-state index is -2.36. The fourth-order valence-electron chi connectivity index (χ4n) is 0.850. The minimum Gasteiger partial charge on any atom is -0.426 e. The summed E-state index contributed by atoms with van der Waals surface area (Å²) in [7, 11) is -2.36. The summed E-state index contributed by atoms with van der Waals surface area (Å²) >= 11 is 0. The maximum Gasteiger partial charge on any atom is 0.367 e. The molecule has 0 aliphatic rings. The third-order valence-corrected chi connectivity index (χ3v) is 2.41. The van der Waals surface area contributed by atoms with Crippen LogP contribution < -0.4 is 4.52 Å². The highest BCUT2D eigenvalue weighted by atomic mass is 31.1. The Morgan fingerprint density at radius 2 is 1.92 bits per heavy atom. The van der Waals surface area contributed by atoms with Crippen molar-refractivity contribution >= 4 is 8.25 Å². The predicted molar refractivity (Wildman–Crippen MR) is 52.4 cm³/mol. The van der Waals surface area contributed by atoms with Gasteiger partial charge in [-0.25, -0.2) is 4.57 Å². The van der Waals surface area contributed by atoms with Gasteiger partial charge in [0.15, 0.2) is 0 Å². The van der Waals surface area contributed by atoms with E-state index in [2.05, 4.69) is 0 Å². The van der Waals surface area contributed by atoms with E-state index in [4.69, 9.17) is 9.05 Å². The van der Waals surface area contributed by atoms with Crippen LogP contribution in [0.15, 0.2) is 24.3 Å². The molecule has 0 fully saturated rings. The van der Waals surface area contributed by atoms with E-state index in [1.807, 2.05) is 19.1 Å². The summed E-state index contributed by atoms with van der Waals surface area (Å²) in [4.78, 5) is 0. The van der Waals surface area contributed by atoms with Crippen LogP contribution >= 0.6 is 8.25 Å². The predicted octanol–water partition coefficient (Wildman–Crippen LogP) is 2.80. The second-order valence-electron chi connectivity index (χ2n) is 2.60. The first-order valence-electron chi connectivity index (χ1n) is 4.13. The van der Waals surface area contributed by atoms with E-state index < -0.39 is 8.25 Å². The van der Waals surface area contributed by atoms with E-state index in [9.17, 15) is 4.57 Å².